The van der Waals surface area contributed by atoms with Gasteiger partial charge in [0.05, 0.1) is 0 Å². The van der Waals surface area contributed by atoms with Crippen LogP contribution in [-0.4, -0.2) is 22.2 Å². The van der Waals surface area contributed by atoms with Gasteiger partial charge in [-0.25, -0.2) is 0 Å². The first-order valence-electron chi connectivity index (χ1n) is 5.47. The average molecular weight is 197 g/mol. The predicted molar refractivity (Wildman–Crippen MR) is 49.2 cm³/mol. The van der Waals surface area contributed by atoms with Gasteiger partial charge in [-0.3, -0.25) is 10.1 Å². The van der Waals surface area contributed by atoms with Crippen LogP contribution in [0.1, 0.15) is 25.7 Å². The van der Waals surface area contributed by atoms with Crippen molar-refractivity contribution < 1.29 is 10.0 Å². The Balaban J connectivity index is 1.85. The van der Waals surface area contributed by atoms with Crippen molar-refractivity contribution in [2.24, 2.45) is 23.7 Å². The molecular weight excluding hydrogens is 182 g/mol. The first-order chi connectivity index (χ1) is 6.63. The van der Waals surface area contributed by atoms with Gasteiger partial charge in [-0.1, -0.05) is 0 Å². The van der Waals surface area contributed by atoms with Crippen LogP contribution in [0.15, 0.2) is 0 Å². The summed E-state index contributed by atoms with van der Waals surface area (Å²) in [5.41, 5.74) is -0.945. The lowest BCUT2D eigenvalue weighted by molar-refractivity contribution is -0.515. The topological polar surface area (TPSA) is 63.4 Å². The Bertz CT molecular complexity index is 275. The zero-order chi connectivity index (χ0) is 9.92. The van der Waals surface area contributed by atoms with Gasteiger partial charge in [-0.15, -0.1) is 0 Å². The number of nitro groups is 1. The lowest BCUT2D eigenvalue weighted by atomic mass is 9.55. The highest BCUT2D eigenvalue weighted by atomic mass is 16.6. The van der Waals surface area contributed by atoms with Gasteiger partial charge in [0, 0.05) is 4.92 Å². The fraction of sp³-hybridized carbons (Fsp3) is 1.00. The van der Waals surface area contributed by atoms with E-state index in [1.165, 1.54) is 12.8 Å². The van der Waals surface area contributed by atoms with Crippen LogP contribution < -0.4 is 0 Å². The van der Waals surface area contributed by atoms with Crippen molar-refractivity contribution in [1.82, 2.24) is 0 Å². The number of aliphatic hydroxyl groups is 1. The zero-order valence-electron chi connectivity index (χ0n) is 8.06. The maximum atomic E-state index is 10.5. The van der Waals surface area contributed by atoms with Crippen molar-refractivity contribution in [2.75, 3.05) is 6.54 Å². The van der Waals surface area contributed by atoms with E-state index in [0.717, 1.165) is 18.8 Å². The summed E-state index contributed by atoms with van der Waals surface area (Å²) < 4.78 is 0. The molecule has 0 aromatic carbocycles. The first-order valence-corrected chi connectivity index (χ1v) is 5.47. The zero-order valence-corrected chi connectivity index (χ0v) is 8.06. The minimum Gasteiger partial charge on any atom is -0.382 e. The molecule has 0 heterocycles. The van der Waals surface area contributed by atoms with Crippen LogP contribution in [0.3, 0.4) is 0 Å². The Kier molecular flexibility index (Phi) is 1.53. The SMILES string of the molecule is O=[N+]([O-])CC1(O)[C@@H]2CC[C@@H]3CC[C@H]1[C@@H]32. The molecule has 4 heteroatoms. The van der Waals surface area contributed by atoms with Gasteiger partial charge in [0.25, 0.3) is 0 Å². The van der Waals surface area contributed by atoms with Gasteiger partial charge < -0.3 is 5.11 Å². The minimum atomic E-state index is -0.945. The monoisotopic (exact) mass is 197 g/mol. The molecule has 3 saturated carbocycles. The van der Waals surface area contributed by atoms with Gasteiger partial charge in [-0.05, 0) is 49.4 Å². The fourth-order valence-electron chi connectivity index (χ4n) is 4.40. The molecule has 3 aliphatic rings. The van der Waals surface area contributed by atoms with E-state index in [4.69, 9.17) is 0 Å². The third-order valence-corrected chi connectivity index (χ3v) is 4.84. The summed E-state index contributed by atoms with van der Waals surface area (Å²) in [5, 5.41) is 20.8. The molecule has 0 aliphatic heterocycles. The smallest absolute Gasteiger partial charge is 0.232 e. The lowest BCUT2D eigenvalue weighted by Crippen LogP contribution is -2.63. The molecule has 4 nitrogen and oxygen atoms in total. The highest BCUT2D eigenvalue weighted by Gasteiger charge is 2.69. The van der Waals surface area contributed by atoms with E-state index in [1.807, 2.05) is 0 Å². The highest BCUT2D eigenvalue weighted by molar-refractivity contribution is 5.16. The van der Waals surface area contributed by atoms with E-state index < -0.39 is 5.60 Å². The molecule has 0 radical (unpaired) electrons. The van der Waals surface area contributed by atoms with Crippen molar-refractivity contribution in [3.63, 3.8) is 0 Å². The molecule has 5 atom stereocenters. The van der Waals surface area contributed by atoms with E-state index in [2.05, 4.69) is 0 Å². The van der Waals surface area contributed by atoms with Crippen LogP contribution in [-0.2, 0) is 0 Å². The summed E-state index contributed by atoms with van der Waals surface area (Å²) in [4.78, 5) is 10.2. The van der Waals surface area contributed by atoms with Crippen LogP contribution in [0, 0.1) is 33.8 Å². The normalized spacial score (nSPS) is 54.1. The summed E-state index contributed by atoms with van der Waals surface area (Å²) in [5.74, 6) is 1.88. The van der Waals surface area contributed by atoms with Gasteiger partial charge in [0.1, 0.15) is 5.60 Å². The molecule has 0 amide bonds. The Hall–Kier alpha value is -0.640. The van der Waals surface area contributed by atoms with Crippen LogP contribution in [0.25, 0.3) is 0 Å². The molecule has 3 fully saturated rings. The quantitative estimate of drug-likeness (QED) is 0.531. The van der Waals surface area contributed by atoms with E-state index in [9.17, 15) is 15.2 Å². The molecular formula is C10H15NO3. The van der Waals surface area contributed by atoms with Gasteiger partial charge in [0.2, 0.25) is 6.54 Å². The van der Waals surface area contributed by atoms with Crippen LogP contribution in [0.5, 0.6) is 0 Å². The summed E-state index contributed by atoms with van der Waals surface area (Å²) in [7, 11) is 0. The summed E-state index contributed by atoms with van der Waals surface area (Å²) >= 11 is 0. The largest absolute Gasteiger partial charge is 0.382 e. The van der Waals surface area contributed by atoms with Crippen LogP contribution in [0.2, 0.25) is 0 Å². The minimum absolute atomic E-state index is 0.231. The molecule has 14 heavy (non-hydrogen) atoms. The van der Waals surface area contributed by atoms with Crippen molar-refractivity contribution in [1.29, 1.82) is 0 Å². The number of rotatable bonds is 2. The maximum Gasteiger partial charge on any atom is 0.232 e. The summed E-state index contributed by atoms with van der Waals surface area (Å²) in [6.45, 7) is -0.231. The highest BCUT2D eigenvalue weighted by Crippen LogP contribution is 2.66. The van der Waals surface area contributed by atoms with Crippen molar-refractivity contribution in [2.45, 2.75) is 31.3 Å². The average Bonchev–Trinajstić information content (AvgIpc) is 2.54. The summed E-state index contributed by atoms with van der Waals surface area (Å²) in [6.07, 6.45) is 4.39. The lowest BCUT2D eigenvalue weighted by Gasteiger charge is -2.52. The summed E-state index contributed by atoms with van der Waals surface area (Å²) in [6, 6.07) is 0. The Labute approximate surface area is 82.5 Å². The van der Waals surface area contributed by atoms with Crippen molar-refractivity contribution >= 4 is 0 Å². The third kappa shape index (κ3) is 0.829. The van der Waals surface area contributed by atoms with Gasteiger partial charge in [0.15, 0.2) is 0 Å². The molecule has 3 aliphatic carbocycles. The number of hydrogen-bond acceptors (Lipinski definition) is 3. The molecule has 0 bridgehead atoms. The Morgan fingerprint density at radius 3 is 2.36 bits per heavy atom. The molecule has 78 valence electrons. The Morgan fingerprint density at radius 2 is 1.86 bits per heavy atom. The molecule has 0 aromatic rings. The molecule has 0 aromatic heterocycles. The van der Waals surface area contributed by atoms with Crippen molar-refractivity contribution in [3.05, 3.63) is 10.1 Å². The first kappa shape index (κ1) is 8.65. The van der Waals surface area contributed by atoms with E-state index in [0.29, 0.717) is 5.92 Å². The second-order valence-electron chi connectivity index (χ2n) is 5.19. The third-order valence-electron chi connectivity index (χ3n) is 4.84. The standard InChI is InChI=1S/C10H15NO3/c12-10(5-11(13)14)7-3-1-6-2-4-8(10)9(6)7/h6-9,12H,1-5H2/t6-,7-,8+,9+,10?. The van der Waals surface area contributed by atoms with Crippen LogP contribution in [0.4, 0.5) is 0 Å². The number of hydrogen-bond donors (Lipinski definition) is 1. The van der Waals surface area contributed by atoms with Crippen molar-refractivity contribution in [3.8, 4) is 0 Å². The molecule has 0 spiro atoms. The van der Waals surface area contributed by atoms with E-state index in [-0.39, 0.29) is 23.3 Å². The second kappa shape index (κ2) is 2.48. The second-order valence-corrected chi connectivity index (χ2v) is 5.19. The van der Waals surface area contributed by atoms with E-state index in [1.54, 1.807) is 0 Å². The predicted octanol–water partition coefficient (Wildman–Crippen LogP) is 1.06. The molecule has 0 saturated heterocycles. The molecule has 1 N–H and O–H groups in total. The van der Waals surface area contributed by atoms with Gasteiger partial charge >= 0.3 is 0 Å². The number of nitrogens with zero attached hydrogens (tertiary/aromatic N) is 1. The fourth-order valence-corrected chi connectivity index (χ4v) is 4.40. The maximum absolute atomic E-state index is 10.5. The molecule has 3 rings (SSSR count). The van der Waals surface area contributed by atoms with Crippen LogP contribution >= 0.6 is 0 Å². The molecule has 1 unspecified atom stereocenters. The van der Waals surface area contributed by atoms with Gasteiger partial charge in [-0.2, -0.15) is 0 Å². The van der Waals surface area contributed by atoms with E-state index >= 15 is 0 Å². The Morgan fingerprint density at radius 1 is 1.29 bits per heavy atom.